The molecule has 1 amide bonds. The van der Waals surface area contributed by atoms with E-state index in [1.807, 2.05) is 60.7 Å². The van der Waals surface area contributed by atoms with Crippen LogP contribution < -0.4 is 4.90 Å². The minimum atomic E-state index is -0.404. The molecular formula is C29H25FN2O3. The number of para-hydroxylation sites is 2. The lowest BCUT2D eigenvalue weighted by Gasteiger charge is -2.32. The Kier molecular flexibility index (Phi) is 7.86. The first-order valence-electron chi connectivity index (χ1n) is 11.2. The largest absolute Gasteiger partial charge is 0.507 e. The molecule has 0 aliphatic heterocycles. The lowest BCUT2D eigenvalue weighted by molar-refractivity contribution is -0.123. The number of oxime groups is 1. The van der Waals surface area contributed by atoms with Gasteiger partial charge in [0, 0.05) is 11.3 Å². The quantitative estimate of drug-likeness (QED) is 0.246. The highest BCUT2D eigenvalue weighted by Crippen LogP contribution is 2.31. The van der Waals surface area contributed by atoms with E-state index in [0.29, 0.717) is 17.7 Å². The molecule has 1 N–H and O–H groups in total. The minimum Gasteiger partial charge on any atom is -0.507 e. The van der Waals surface area contributed by atoms with E-state index >= 15 is 0 Å². The second kappa shape index (κ2) is 11.6. The molecule has 0 aliphatic rings. The number of carbonyl (C=O) groups is 1. The molecule has 4 rings (SSSR count). The van der Waals surface area contributed by atoms with Crippen molar-refractivity contribution >= 4 is 17.8 Å². The number of nitrogens with zero attached hydrogens (tertiary/aromatic N) is 2. The van der Waals surface area contributed by atoms with E-state index in [1.165, 1.54) is 18.3 Å². The first-order chi connectivity index (χ1) is 17.1. The molecular weight excluding hydrogens is 443 g/mol. The Labute approximate surface area is 203 Å². The predicted octanol–water partition coefficient (Wildman–Crippen LogP) is 5.90. The number of halogens is 1. The van der Waals surface area contributed by atoms with Gasteiger partial charge in [-0.05, 0) is 53.9 Å². The fourth-order valence-electron chi connectivity index (χ4n) is 3.82. The summed E-state index contributed by atoms with van der Waals surface area (Å²) in [5.74, 6) is -0.584. The van der Waals surface area contributed by atoms with Gasteiger partial charge in [-0.25, -0.2) is 4.39 Å². The van der Waals surface area contributed by atoms with Crippen LogP contribution in [0.5, 0.6) is 5.75 Å². The second-order valence-electron chi connectivity index (χ2n) is 7.92. The van der Waals surface area contributed by atoms with Crippen LogP contribution in [0.25, 0.3) is 0 Å². The highest BCUT2D eigenvalue weighted by Gasteiger charge is 2.27. The first kappa shape index (κ1) is 23.7. The maximum atomic E-state index is 13.7. The smallest absolute Gasteiger partial charge is 0.268 e. The van der Waals surface area contributed by atoms with Crippen molar-refractivity contribution in [3.8, 4) is 5.75 Å². The average Bonchev–Trinajstić information content (AvgIpc) is 2.89. The molecule has 0 aliphatic carbocycles. The zero-order valence-electron chi connectivity index (χ0n) is 19.0. The molecule has 0 saturated carbocycles. The molecule has 176 valence electrons. The highest BCUT2D eigenvalue weighted by atomic mass is 19.1. The SMILES string of the molecule is O=C(CON=Cc1ccccc1O)N(c1ccccc1)C(Cc1ccccc1)c1ccc(F)cc1. The summed E-state index contributed by atoms with van der Waals surface area (Å²) >= 11 is 0. The molecule has 0 fully saturated rings. The van der Waals surface area contributed by atoms with Gasteiger partial charge in [-0.1, -0.05) is 78.0 Å². The van der Waals surface area contributed by atoms with Crippen LogP contribution in [-0.2, 0) is 16.1 Å². The Hall–Kier alpha value is -4.45. The predicted molar refractivity (Wildman–Crippen MR) is 135 cm³/mol. The van der Waals surface area contributed by atoms with Crippen molar-refractivity contribution in [3.05, 3.63) is 132 Å². The lowest BCUT2D eigenvalue weighted by Crippen LogP contribution is -2.38. The van der Waals surface area contributed by atoms with Gasteiger partial charge >= 0.3 is 0 Å². The third-order valence-electron chi connectivity index (χ3n) is 5.53. The molecule has 4 aromatic carbocycles. The number of benzene rings is 4. The summed E-state index contributed by atoms with van der Waals surface area (Å²) in [4.78, 5) is 20.5. The fourth-order valence-corrected chi connectivity index (χ4v) is 3.82. The molecule has 6 heteroatoms. The topological polar surface area (TPSA) is 62.1 Å². The summed E-state index contributed by atoms with van der Waals surface area (Å²) in [7, 11) is 0. The molecule has 35 heavy (non-hydrogen) atoms. The van der Waals surface area contributed by atoms with Crippen molar-refractivity contribution in [3.63, 3.8) is 0 Å². The van der Waals surface area contributed by atoms with Gasteiger partial charge in [-0.2, -0.15) is 0 Å². The van der Waals surface area contributed by atoms with E-state index in [-0.39, 0.29) is 24.1 Å². The number of amides is 1. The van der Waals surface area contributed by atoms with Gasteiger partial charge in [-0.15, -0.1) is 0 Å². The van der Waals surface area contributed by atoms with Gasteiger partial charge in [-0.3, -0.25) is 4.79 Å². The number of anilines is 1. The normalized spacial score (nSPS) is 11.8. The summed E-state index contributed by atoms with van der Waals surface area (Å²) in [6.45, 7) is -0.314. The van der Waals surface area contributed by atoms with Crippen LogP contribution >= 0.6 is 0 Å². The van der Waals surface area contributed by atoms with Crippen LogP contribution in [0.4, 0.5) is 10.1 Å². The van der Waals surface area contributed by atoms with Crippen LogP contribution in [0, 0.1) is 5.82 Å². The number of hydrogen-bond acceptors (Lipinski definition) is 4. The molecule has 5 nitrogen and oxygen atoms in total. The Morgan fingerprint density at radius 2 is 1.51 bits per heavy atom. The van der Waals surface area contributed by atoms with Crippen LogP contribution in [0.15, 0.2) is 114 Å². The number of hydrogen-bond donors (Lipinski definition) is 1. The van der Waals surface area contributed by atoms with Crippen LogP contribution in [-0.4, -0.2) is 23.8 Å². The van der Waals surface area contributed by atoms with Gasteiger partial charge in [0.15, 0.2) is 6.61 Å². The summed E-state index contributed by atoms with van der Waals surface area (Å²) in [5.41, 5.74) is 3.00. The molecule has 4 aromatic rings. The summed E-state index contributed by atoms with van der Waals surface area (Å²) in [6.07, 6.45) is 1.88. The number of rotatable bonds is 9. The third-order valence-corrected chi connectivity index (χ3v) is 5.53. The molecule has 0 aromatic heterocycles. The van der Waals surface area contributed by atoms with Gasteiger partial charge in [0.25, 0.3) is 5.91 Å². The van der Waals surface area contributed by atoms with Gasteiger partial charge in [0.1, 0.15) is 11.6 Å². The lowest BCUT2D eigenvalue weighted by atomic mass is 9.96. The average molecular weight is 469 g/mol. The van der Waals surface area contributed by atoms with Crippen molar-refractivity contribution in [2.75, 3.05) is 11.5 Å². The van der Waals surface area contributed by atoms with Gasteiger partial charge in [0.05, 0.1) is 12.3 Å². The van der Waals surface area contributed by atoms with E-state index < -0.39 is 6.04 Å². The molecule has 1 atom stereocenters. The van der Waals surface area contributed by atoms with E-state index in [1.54, 1.807) is 41.3 Å². The van der Waals surface area contributed by atoms with Gasteiger partial charge < -0.3 is 14.8 Å². The van der Waals surface area contributed by atoms with Crippen molar-refractivity contribution in [2.24, 2.45) is 5.16 Å². The molecule has 0 spiro atoms. The fraction of sp³-hybridized carbons (Fsp3) is 0.103. The van der Waals surface area contributed by atoms with E-state index in [0.717, 1.165) is 11.1 Å². The summed E-state index contributed by atoms with van der Waals surface area (Å²) in [6, 6.07) is 31.6. The Morgan fingerprint density at radius 3 is 2.20 bits per heavy atom. The van der Waals surface area contributed by atoms with Crippen LogP contribution in [0.3, 0.4) is 0 Å². The van der Waals surface area contributed by atoms with Crippen LogP contribution in [0.1, 0.15) is 22.7 Å². The third kappa shape index (κ3) is 6.32. The second-order valence-corrected chi connectivity index (χ2v) is 7.92. The number of phenolic OH excluding ortho intramolecular Hbond substituents is 1. The number of aromatic hydroxyl groups is 1. The van der Waals surface area contributed by atoms with Crippen molar-refractivity contribution in [1.29, 1.82) is 0 Å². The first-order valence-corrected chi connectivity index (χ1v) is 11.2. The van der Waals surface area contributed by atoms with E-state index in [4.69, 9.17) is 4.84 Å². The maximum absolute atomic E-state index is 13.7. The molecule has 0 bridgehead atoms. The molecule has 1 unspecified atom stereocenters. The highest BCUT2D eigenvalue weighted by molar-refractivity contribution is 5.95. The van der Waals surface area contributed by atoms with Crippen molar-refractivity contribution in [2.45, 2.75) is 12.5 Å². The zero-order chi connectivity index (χ0) is 24.5. The van der Waals surface area contributed by atoms with Crippen molar-refractivity contribution < 1.29 is 19.1 Å². The van der Waals surface area contributed by atoms with E-state index in [2.05, 4.69) is 5.16 Å². The molecule has 0 radical (unpaired) electrons. The summed E-state index contributed by atoms with van der Waals surface area (Å²) < 4.78 is 13.7. The van der Waals surface area contributed by atoms with Gasteiger partial charge in [0.2, 0.25) is 0 Å². The zero-order valence-corrected chi connectivity index (χ0v) is 19.0. The minimum absolute atomic E-state index is 0.0660. The number of phenols is 1. The standard InChI is InChI=1S/C29H25FN2O3/c30-25-17-15-23(16-18-25)27(19-22-9-3-1-4-10-22)32(26-12-5-2-6-13-26)29(34)21-35-31-20-24-11-7-8-14-28(24)33/h1-18,20,27,33H,19,21H2. The molecule has 0 saturated heterocycles. The monoisotopic (exact) mass is 468 g/mol. The molecule has 0 heterocycles. The summed E-state index contributed by atoms with van der Waals surface area (Å²) in [5, 5.41) is 13.7. The maximum Gasteiger partial charge on any atom is 0.268 e. The Morgan fingerprint density at radius 1 is 0.886 bits per heavy atom. The Bertz CT molecular complexity index is 1260. The Balaban J connectivity index is 1.62. The number of carbonyl (C=O) groups excluding carboxylic acids is 1. The van der Waals surface area contributed by atoms with Crippen molar-refractivity contribution in [1.82, 2.24) is 0 Å². The van der Waals surface area contributed by atoms with Crippen LogP contribution in [0.2, 0.25) is 0 Å². The van der Waals surface area contributed by atoms with E-state index in [9.17, 15) is 14.3 Å².